The van der Waals surface area contributed by atoms with E-state index in [1.807, 2.05) is 0 Å². The summed E-state index contributed by atoms with van der Waals surface area (Å²) in [6, 6.07) is 10.0. The summed E-state index contributed by atoms with van der Waals surface area (Å²) in [7, 11) is 0. The Balaban J connectivity index is 1.82. The van der Waals surface area contributed by atoms with Gasteiger partial charge in [-0.05, 0) is 43.7 Å². The predicted molar refractivity (Wildman–Crippen MR) is 121 cm³/mol. The van der Waals surface area contributed by atoms with Crippen molar-refractivity contribution in [2.75, 3.05) is 18.5 Å². The van der Waals surface area contributed by atoms with Crippen LogP contribution in [0.4, 0.5) is 11.4 Å². The number of esters is 1. The number of ether oxygens (including phenoxy) is 2. The maximum Gasteiger partial charge on any atom is 0.326 e. The van der Waals surface area contributed by atoms with Crippen LogP contribution in [0.2, 0.25) is 5.02 Å². The van der Waals surface area contributed by atoms with E-state index in [1.165, 1.54) is 19.1 Å². The lowest BCUT2D eigenvalue weighted by atomic mass is 10.2. The van der Waals surface area contributed by atoms with Gasteiger partial charge in [0.25, 0.3) is 17.5 Å². The minimum Gasteiger partial charge on any atom is -0.494 e. The lowest BCUT2D eigenvalue weighted by molar-refractivity contribution is -0.384. The highest BCUT2D eigenvalue weighted by Gasteiger charge is 2.20. The summed E-state index contributed by atoms with van der Waals surface area (Å²) in [6.07, 6.45) is 0.711. The molecule has 0 heterocycles. The Hall–Kier alpha value is -3.66. The normalized spacial score (nSPS) is 11.2. The van der Waals surface area contributed by atoms with Gasteiger partial charge in [-0.25, -0.2) is 0 Å². The number of benzene rings is 2. The average molecular weight is 478 g/mol. The van der Waals surface area contributed by atoms with Gasteiger partial charge in [-0.3, -0.25) is 24.5 Å². The zero-order valence-corrected chi connectivity index (χ0v) is 18.9. The van der Waals surface area contributed by atoms with E-state index in [-0.39, 0.29) is 16.4 Å². The summed E-state index contributed by atoms with van der Waals surface area (Å²) in [6.45, 7) is 3.51. The third-order valence-electron chi connectivity index (χ3n) is 4.37. The van der Waals surface area contributed by atoms with Crippen molar-refractivity contribution >= 4 is 40.8 Å². The first-order chi connectivity index (χ1) is 15.7. The van der Waals surface area contributed by atoms with Crippen molar-refractivity contribution in [2.24, 2.45) is 0 Å². The van der Waals surface area contributed by atoms with E-state index >= 15 is 0 Å². The Morgan fingerprint density at radius 2 is 1.85 bits per heavy atom. The van der Waals surface area contributed by atoms with Crippen LogP contribution in [0, 0.1) is 10.1 Å². The molecule has 2 amide bonds. The van der Waals surface area contributed by atoms with E-state index < -0.39 is 35.4 Å². The summed E-state index contributed by atoms with van der Waals surface area (Å²) < 4.78 is 10.5. The molecule has 2 N–H and O–H groups in total. The molecule has 0 saturated heterocycles. The van der Waals surface area contributed by atoms with Crippen molar-refractivity contribution in [1.82, 2.24) is 5.32 Å². The van der Waals surface area contributed by atoms with Gasteiger partial charge < -0.3 is 20.1 Å². The maximum atomic E-state index is 12.3. The Bertz CT molecular complexity index is 1010. The number of nitrogens with one attached hydrogen (secondary N) is 2. The van der Waals surface area contributed by atoms with Crippen molar-refractivity contribution in [2.45, 2.75) is 32.8 Å². The molecule has 11 heteroatoms. The molecular weight excluding hydrogens is 454 g/mol. The molecular formula is C22H24ClN3O7. The van der Waals surface area contributed by atoms with Gasteiger partial charge in [-0.15, -0.1) is 0 Å². The van der Waals surface area contributed by atoms with Crippen LogP contribution < -0.4 is 15.4 Å². The van der Waals surface area contributed by atoms with E-state index in [2.05, 4.69) is 17.6 Å². The second-order valence-electron chi connectivity index (χ2n) is 6.95. The van der Waals surface area contributed by atoms with Crippen LogP contribution in [0.25, 0.3) is 0 Å². The maximum absolute atomic E-state index is 12.3. The summed E-state index contributed by atoms with van der Waals surface area (Å²) >= 11 is 5.94. The number of amides is 2. The molecule has 0 aliphatic carbocycles. The van der Waals surface area contributed by atoms with E-state index in [9.17, 15) is 24.5 Å². The molecule has 0 saturated carbocycles. The van der Waals surface area contributed by atoms with Gasteiger partial charge in [0.05, 0.1) is 22.2 Å². The van der Waals surface area contributed by atoms with Gasteiger partial charge in [0, 0.05) is 17.7 Å². The van der Waals surface area contributed by atoms with Crippen molar-refractivity contribution in [1.29, 1.82) is 0 Å². The lowest BCUT2D eigenvalue weighted by Gasteiger charge is -2.14. The summed E-state index contributed by atoms with van der Waals surface area (Å²) in [5.41, 5.74) is 0.0774. The fourth-order valence-electron chi connectivity index (χ4n) is 2.54. The molecule has 0 aliphatic heterocycles. The van der Waals surface area contributed by atoms with Gasteiger partial charge in [-0.1, -0.05) is 24.9 Å². The minimum atomic E-state index is -1.23. The second kappa shape index (κ2) is 12.4. The number of carbonyl (C=O) groups is 3. The number of nitro groups is 1. The monoisotopic (exact) mass is 477 g/mol. The lowest BCUT2D eigenvalue weighted by Crippen LogP contribution is -2.35. The molecule has 0 radical (unpaired) electrons. The van der Waals surface area contributed by atoms with Gasteiger partial charge in [0.2, 0.25) is 0 Å². The minimum absolute atomic E-state index is 0.00851. The zero-order chi connectivity index (χ0) is 24.4. The smallest absolute Gasteiger partial charge is 0.326 e. The van der Waals surface area contributed by atoms with Crippen molar-refractivity contribution in [3.63, 3.8) is 0 Å². The van der Waals surface area contributed by atoms with Crippen LogP contribution in [0.3, 0.4) is 0 Å². The average Bonchev–Trinajstić information content (AvgIpc) is 2.79. The highest BCUT2D eigenvalue weighted by Crippen LogP contribution is 2.26. The molecule has 1 unspecified atom stereocenters. The Labute approximate surface area is 195 Å². The number of carbonyl (C=O) groups excluding carboxylic acids is 3. The Morgan fingerprint density at radius 1 is 1.15 bits per heavy atom. The molecule has 0 aliphatic rings. The van der Waals surface area contributed by atoms with Crippen LogP contribution in [0.5, 0.6) is 5.75 Å². The van der Waals surface area contributed by atoms with Gasteiger partial charge in [0.15, 0.2) is 6.10 Å². The molecule has 0 spiro atoms. The third-order valence-corrected chi connectivity index (χ3v) is 4.70. The Morgan fingerprint density at radius 3 is 2.48 bits per heavy atom. The van der Waals surface area contributed by atoms with Crippen LogP contribution in [-0.4, -0.2) is 42.0 Å². The molecule has 176 valence electrons. The number of nitro benzene ring substituents is 1. The topological polar surface area (TPSA) is 137 Å². The quantitative estimate of drug-likeness (QED) is 0.218. The molecule has 0 fully saturated rings. The molecule has 2 aromatic rings. The van der Waals surface area contributed by atoms with Crippen molar-refractivity contribution in [3.8, 4) is 5.75 Å². The molecule has 1 atom stereocenters. The number of hydrogen-bond acceptors (Lipinski definition) is 7. The molecule has 33 heavy (non-hydrogen) atoms. The van der Waals surface area contributed by atoms with Crippen LogP contribution >= 0.6 is 11.6 Å². The highest BCUT2D eigenvalue weighted by molar-refractivity contribution is 6.33. The van der Waals surface area contributed by atoms with Gasteiger partial charge in [-0.2, -0.15) is 0 Å². The standard InChI is InChI=1S/C22H24ClN3O7/c1-3-4-11-32-17-8-5-15(6-9-17)22(29)24-13-20(27)33-14(2)21(28)25-19-12-16(26(30)31)7-10-18(19)23/h5-10,12,14H,3-4,11,13H2,1-2H3,(H,24,29)(H,25,28). The number of halogens is 1. The first kappa shape index (κ1) is 25.6. The highest BCUT2D eigenvalue weighted by atomic mass is 35.5. The van der Waals surface area contributed by atoms with E-state index in [4.69, 9.17) is 21.1 Å². The molecule has 0 aromatic heterocycles. The summed E-state index contributed by atoms with van der Waals surface area (Å²) in [4.78, 5) is 46.7. The second-order valence-corrected chi connectivity index (χ2v) is 7.36. The molecule has 0 bridgehead atoms. The number of non-ortho nitro benzene ring substituents is 1. The van der Waals surface area contributed by atoms with Crippen molar-refractivity contribution < 1.29 is 28.8 Å². The number of unbranched alkanes of at least 4 members (excludes halogenated alkanes) is 1. The first-order valence-electron chi connectivity index (χ1n) is 10.2. The predicted octanol–water partition coefficient (Wildman–Crippen LogP) is 3.73. The van der Waals surface area contributed by atoms with Crippen molar-refractivity contribution in [3.05, 3.63) is 63.2 Å². The molecule has 10 nitrogen and oxygen atoms in total. The fourth-order valence-corrected chi connectivity index (χ4v) is 2.71. The van der Waals surface area contributed by atoms with Gasteiger partial charge >= 0.3 is 5.97 Å². The third kappa shape index (κ3) is 8.08. The summed E-state index contributed by atoms with van der Waals surface area (Å²) in [5, 5.41) is 15.7. The van der Waals surface area contributed by atoms with E-state index in [0.717, 1.165) is 18.9 Å². The zero-order valence-electron chi connectivity index (χ0n) is 18.1. The van der Waals surface area contributed by atoms with E-state index in [0.29, 0.717) is 17.9 Å². The number of rotatable bonds is 11. The largest absolute Gasteiger partial charge is 0.494 e. The number of anilines is 1. The van der Waals surface area contributed by atoms with Crippen LogP contribution in [0.1, 0.15) is 37.0 Å². The van der Waals surface area contributed by atoms with E-state index in [1.54, 1.807) is 24.3 Å². The summed E-state index contributed by atoms with van der Waals surface area (Å²) in [5.74, 6) is -1.43. The molecule has 2 rings (SSSR count). The molecule has 2 aromatic carbocycles. The van der Waals surface area contributed by atoms with Crippen LogP contribution in [0.15, 0.2) is 42.5 Å². The van der Waals surface area contributed by atoms with Gasteiger partial charge in [0.1, 0.15) is 12.3 Å². The van der Waals surface area contributed by atoms with Crippen LogP contribution in [-0.2, 0) is 14.3 Å². The number of hydrogen-bond donors (Lipinski definition) is 2. The Kier molecular flexibility index (Phi) is 9.62. The number of nitrogens with zero attached hydrogens (tertiary/aromatic N) is 1. The fraction of sp³-hybridized carbons (Fsp3) is 0.318. The SMILES string of the molecule is CCCCOc1ccc(C(=O)NCC(=O)OC(C)C(=O)Nc2cc([N+](=O)[O-])ccc2Cl)cc1. The first-order valence-corrected chi connectivity index (χ1v) is 10.5.